The Labute approximate surface area is 276 Å². The highest BCUT2D eigenvalue weighted by molar-refractivity contribution is 5.81. The van der Waals surface area contributed by atoms with Gasteiger partial charge in [0.1, 0.15) is 28.4 Å². The molecule has 48 heavy (non-hydrogen) atoms. The van der Waals surface area contributed by atoms with E-state index in [1.54, 1.807) is 18.3 Å². The van der Waals surface area contributed by atoms with Crippen molar-refractivity contribution in [1.82, 2.24) is 29.3 Å². The van der Waals surface area contributed by atoms with Crippen molar-refractivity contribution in [2.75, 3.05) is 0 Å². The Kier molecular flexibility index (Phi) is 6.74. The van der Waals surface area contributed by atoms with Crippen molar-refractivity contribution in [1.29, 1.82) is 0 Å². The smallest absolute Gasteiger partial charge is 0.230 e. The Morgan fingerprint density at radius 2 is 1.54 bits per heavy atom. The first kappa shape index (κ1) is 28.3. The van der Waals surface area contributed by atoms with Crippen molar-refractivity contribution >= 4 is 5.65 Å². The van der Waals surface area contributed by atoms with Crippen LogP contribution in [0.5, 0.6) is 0 Å². The lowest BCUT2D eigenvalue weighted by Gasteiger charge is -2.41. The minimum atomic E-state index is -0.740. The molecule has 1 saturated carbocycles. The van der Waals surface area contributed by atoms with E-state index in [9.17, 15) is 0 Å². The van der Waals surface area contributed by atoms with Crippen LogP contribution < -0.4 is 0 Å². The van der Waals surface area contributed by atoms with Gasteiger partial charge >= 0.3 is 0 Å². The molecule has 4 aromatic heterocycles. The van der Waals surface area contributed by atoms with E-state index in [-0.39, 0.29) is 11.7 Å². The minimum Gasteiger partial charge on any atom is -0.339 e. The van der Waals surface area contributed by atoms with Crippen LogP contribution in [0, 0.1) is 11.7 Å². The van der Waals surface area contributed by atoms with Gasteiger partial charge in [0.2, 0.25) is 11.7 Å². The quantitative estimate of drug-likeness (QED) is 0.168. The monoisotopic (exact) mass is 630 g/mol. The minimum absolute atomic E-state index is 0.0233. The first-order valence-electron chi connectivity index (χ1n) is 16.3. The third-order valence-electron chi connectivity index (χ3n) is 9.56. The van der Waals surface area contributed by atoms with Crippen molar-refractivity contribution < 1.29 is 8.91 Å². The number of pyridine rings is 1. The van der Waals surface area contributed by atoms with Crippen LogP contribution in [0.1, 0.15) is 42.2 Å². The zero-order valence-electron chi connectivity index (χ0n) is 26.0. The SMILES string of the molecule is Fc1ccccc1-c1nn(C(c2ccccc2)(c2ccccc2)C2C=CC=CC2)cc1-c1ccc2ncc(-c3noc(C4CC4)n3)n2c1. The Hall–Kier alpha value is -5.89. The van der Waals surface area contributed by atoms with Gasteiger partial charge in [-0.3, -0.25) is 9.08 Å². The fourth-order valence-corrected chi connectivity index (χ4v) is 7.06. The van der Waals surface area contributed by atoms with Gasteiger partial charge in [0.25, 0.3) is 0 Å². The summed E-state index contributed by atoms with van der Waals surface area (Å²) in [7, 11) is 0. The molecule has 8 heteroatoms. The zero-order chi connectivity index (χ0) is 32.1. The number of imidazole rings is 1. The first-order valence-corrected chi connectivity index (χ1v) is 16.3. The summed E-state index contributed by atoms with van der Waals surface area (Å²) in [4.78, 5) is 9.31. The van der Waals surface area contributed by atoms with E-state index >= 15 is 4.39 Å². The van der Waals surface area contributed by atoms with E-state index < -0.39 is 5.54 Å². The molecule has 0 spiro atoms. The van der Waals surface area contributed by atoms with Crippen LogP contribution in [0.15, 0.2) is 144 Å². The molecule has 1 unspecified atom stereocenters. The van der Waals surface area contributed by atoms with E-state index in [1.807, 2.05) is 40.9 Å². The Balaban J connectivity index is 1.30. The molecule has 7 aromatic rings. The molecule has 0 bridgehead atoms. The molecule has 9 rings (SSSR count). The van der Waals surface area contributed by atoms with E-state index in [4.69, 9.17) is 9.62 Å². The van der Waals surface area contributed by atoms with Gasteiger partial charge < -0.3 is 4.52 Å². The summed E-state index contributed by atoms with van der Waals surface area (Å²) in [6.07, 6.45) is 17.5. The molecular weight excluding hydrogens is 599 g/mol. The first-order chi connectivity index (χ1) is 23.7. The molecule has 3 aromatic carbocycles. The van der Waals surface area contributed by atoms with Crippen molar-refractivity contribution in [3.63, 3.8) is 0 Å². The Morgan fingerprint density at radius 1 is 0.792 bits per heavy atom. The molecule has 2 aliphatic rings. The zero-order valence-corrected chi connectivity index (χ0v) is 26.0. The van der Waals surface area contributed by atoms with Crippen LogP contribution in [0.4, 0.5) is 4.39 Å². The predicted molar refractivity (Wildman–Crippen MR) is 183 cm³/mol. The van der Waals surface area contributed by atoms with Crippen LogP contribution in [-0.2, 0) is 5.54 Å². The standard InChI is InChI=1S/C40H31FN6O/c41-34-19-11-10-18-32(34)37-33(28-22-23-36-42-24-35(46(36)25-28)38-43-39(48-45-38)27-20-21-27)26-47(44-37)40(29-12-4-1-5-13-29,30-14-6-2-7-15-30)31-16-8-3-9-17-31/h1-16,18-19,22-27,31H,17,20-21H2. The van der Waals surface area contributed by atoms with Crippen LogP contribution in [0.3, 0.4) is 0 Å². The number of allylic oxidation sites excluding steroid dienone is 4. The molecule has 0 radical (unpaired) electrons. The number of aromatic nitrogens is 6. The summed E-state index contributed by atoms with van der Waals surface area (Å²) in [6.45, 7) is 0. The van der Waals surface area contributed by atoms with Gasteiger partial charge in [0, 0.05) is 40.9 Å². The highest BCUT2D eigenvalue weighted by Crippen LogP contribution is 2.46. The van der Waals surface area contributed by atoms with Crippen molar-refractivity contribution in [3.05, 3.63) is 163 Å². The van der Waals surface area contributed by atoms with Gasteiger partial charge in [-0.15, -0.1) is 0 Å². The molecule has 1 fully saturated rings. The molecule has 0 amide bonds. The molecule has 0 aliphatic heterocycles. The highest BCUT2D eigenvalue weighted by Gasteiger charge is 2.44. The summed E-state index contributed by atoms with van der Waals surface area (Å²) >= 11 is 0. The maximum absolute atomic E-state index is 15.7. The predicted octanol–water partition coefficient (Wildman–Crippen LogP) is 8.86. The lowest BCUT2D eigenvalue weighted by molar-refractivity contribution is 0.293. The molecule has 7 nitrogen and oxygen atoms in total. The summed E-state index contributed by atoms with van der Waals surface area (Å²) in [6, 6.07) is 31.8. The molecule has 2 aliphatic carbocycles. The van der Waals surface area contributed by atoms with Crippen molar-refractivity contribution in [3.8, 4) is 33.9 Å². The largest absolute Gasteiger partial charge is 0.339 e. The molecule has 0 N–H and O–H groups in total. The molecule has 4 heterocycles. The average Bonchev–Trinajstić information content (AvgIpc) is 3.50. The molecule has 234 valence electrons. The highest BCUT2D eigenvalue weighted by atomic mass is 19.1. The summed E-state index contributed by atoms with van der Waals surface area (Å²) in [5, 5.41) is 9.63. The van der Waals surface area contributed by atoms with E-state index in [1.165, 1.54) is 6.07 Å². The summed E-state index contributed by atoms with van der Waals surface area (Å²) in [5.41, 5.74) is 5.53. The number of hydrogen-bond acceptors (Lipinski definition) is 5. The lowest BCUT2D eigenvalue weighted by atomic mass is 9.70. The summed E-state index contributed by atoms with van der Waals surface area (Å²) in [5.74, 6) is 1.20. The van der Waals surface area contributed by atoms with Crippen LogP contribution in [-0.4, -0.2) is 29.3 Å². The fourth-order valence-electron chi connectivity index (χ4n) is 7.06. The van der Waals surface area contributed by atoms with Gasteiger partial charge in [-0.05, 0) is 54.7 Å². The number of rotatable bonds is 8. The van der Waals surface area contributed by atoms with E-state index in [2.05, 4.69) is 98.8 Å². The average molecular weight is 631 g/mol. The summed E-state index contributed by atoms with van der Waals surface area (Å²) < 4.78 is 25.3. The molecule has 1 atom stereocenters. The second kappa shape index (κ2) is 11.4. The number of hydrogen-bond donors (Lipinski definition) is 0. The van der Waals surface area contributed by atoms with Crippen molar-refractivity contribution in [2.24, 2.45) is 5.92 Å². The third-order valence-corrected chi connectivity index (χ3v) is 9.56. The van der Waals surface area contributed by atoms with Gasteiger partial charge in [-0.1, -0.05) is 102 Å². The maximum atomic E-state index is 15.7. The molecular formula is C40H31FN6O. The Bertz CT molecular complexity index is 2270. The third kappa shape index (κ3) is 4.63. The Morgan fingerprint density at radius 3 is 2.25 bits per heavy atom. The van der Waals surface area contributed by atoms with Crippen LogP contribution >= 0.6 is 0 Å². The van der Waals surface area contributed by atoms with Gasteiger partial charge in [-0.25, -0.2) is 9.37 Å². The number of nitrogens with zero attached hydrogens (tertiary/aromatic N) is 6. The van der Waals surface area contributed by atoms with Crippen LogP contribution in [0.2, 0.25) is 0 Å². The second-order valence-electron chi connectivity index (χ2n) is 12.5. The number of halogens is 1. The van der Waals surface area contributed by atoms with E-state index in [0.717, 1.165) is 52.9 Å². The van der Waals surface area contributed by atoms with E-state index in [0.29, 0.717) is 28.9 Å². The fraction of sp³-hybridized carbons (Fsp3) is 0.150. The lowest BCUT2D eigenvalue weighted by Crippen LogP contribution is -2.43. The number of fused-ring (bicyclic) bond motifs is 1. The topological polar surface area (TPSA) is 74.0 Å². The maximum Gasteiger partial charge on any atom is 0.230 e. The number of benzene rings is 3. The normalized spacial score (nSPS) is 16.1. The molecule has 0 saturated heterocycles. The second-order valence-corrected chi connectivity index (χ2v) is 12.5. The van der Waals surface area contributed by atoms with Gasteiger partial charge in [0.15, 0.2) is 0 Å². The van der Waals surface area contributed by atoms with Gasteiger partial charge in [-0.2, -0.15) is 10.1 Å². The van der Waals surface area contributed by atoms with Crippen LogP contribution in [0.25, 0.3) is 39.5 Å². The van der Waals surface area contributed by atoms with Gasteiger partial charge in [0.05, 0.1) is 6.20 Å². The van der Waals surface area contributed by atoms with Crippen molar-refractivity contribution in [2.45, 2.75) is 30.7 Å².